The summed E-state index contributed by atoms with van der Waals surface area (Å²) in [5.74, 6) is 0. The summed E-state index contributed by atoms with van der Waals surface area (Å²) in [6.07, 6.45) is 2.32. The van der Waals surface area contributed by atoms with Crippen LogP contribution in [0.25, 0.3) is 0 Å². The molecule has 1 rings (SSSR count). The van der Waals surface area contributed by atoms with E-state index in [9.17, 15) is 0 Å². The molecule has 1 fully saturated rings. The number of likely N-dealkylation sites (tertiary alicyclic amines) is 1. The molecule has 4 nitrogen and oxygen atoms in total. The number of piperidine rings is 1. The Morgan fingerprint density at radius 3 is 2.76 bits per heavy atom. The van der Waals surface area contributed by atoms with E-state index in [4.69, 9.17) is 10.5 Å². The Hall–Kier alpha value is -0.160. The van der Waals surface area contributed by atoms with Gasteiger partial charge in [-0.3, -0.25) is 4.90 Å². The average molecular weight is 243 g/mol. The molecule has 1 aliphatic heterocycles. The van der Waals surface area contributed by atoms with E-state index in [1.54, 1.807) is 0 Å². The number of hydrogen-bond acceptors (Lipinski definition) is 4. The Bertz CT molecular complexity index is 225. The molecule has 4 heteroatoms. The summed E-state index contributed by atoms with van der Waals surface area (Å²) in [6, 6.07) is 0.613. The van der Waals surface area contributed by atoms with Crippen LogP contribution in [0.1, 0.15) is 26.7 Å². The van der Waals surface area contributed by atoms with Crippen LogP contribution in [0.4, 0.5) is 0 Å². The van der Waals surface area contributed by atoms with Gasteiger partial charge in [-0.15, -0.1) is 0 Å². The summed E-state index contributed by atoms with van der Waals surface area (Å²) >= 11 is 0. The lowest BCUT2D eigenvalue weighted by molar-refractivity contribution is 0.00916. The molecule has 2 N–H and O–H groups in total. The van der Waals surface area contributed by atoms with E-state index in [0.717, 1.165) is 45.7 Å². The predicted molar refractivity (Wildman–Crippen MR) is 72.2 cm³/mol. The zero-order chi connectivity index (χ0) is 12.9. The highest BCUT2D eigenvalue weighted by atomic mass is 16.5. The monoisotopic (exact) mass is 243 g/mol. The molecule has 0 amide bonds. The van der Waals surface area contributed by atoms with Crippen molar-refractivity contribution >= 4 is 0 Å². The highest BCUT2D eigenvalue weighted by Gasteiger charge is 2.38. The van der Waals surface area contributed by atoms with E-state index in [1.807, 2.05) is 6.92 Å². The van der Waals surface area contributed by atoms with Gasteiger partial charge in [0.2, 0.25) is 0 Å². The first kappa shape index (κ1) is 14.9. The maximum absolute atomic E-state index is 6.05. The van der Waals surface area contributed by atoms with Crippen molar-refractivity contribution < 1.29 is 4.74 Å². The Morgan fingerprint density at radius 1 is 1.53 bits per heavy atom. The first-order valence-electron chi connectivity index (χ1n) is 6.75. The molecule has 1 heterocycles. The second kappa shape index (κ2) is 6.69. The van der Waals surface area contributed by atoms with Crippen LogP contribution < -0.4 is 5.73 Å². The lowest BCUT2D eigenvalue weighted by atomic mass is 9.82. The van der Waals surface area contributed by atoms with Gasteiger partial charge in [0.15, 0.2) is 0 Å². The van der Waals surface area contributed by atoms with Crippen molar-refractivity contribution in [3.05, 3.63) is 0 Å². The summed E-state index contributed by atoms with van der Waals surface area (Å²) in [7, 11) is 4.38. The van der Waals surface area contributed by atoms with E-state index in [0.29, 0.717) is 6.04 Å². The minimum atomic E-state index is 0.170. The van der Waals surface area contributed by atoms with Gasteiger partial charge in [-0.05, 0) is 47.3 Å². The van der Waals surface area contributed by atoms with Crippen LogP contribution in [0.2, 0.25) is 0 Å². The number of nitrogens with zero attached hydrogens (tertiary/aromatic N) is 2. The molecule has 0 aromatic rings. The van der Waals surface area contributed by atoms with E-state index in [2.05, 4.69) is 30.8 Å². The van der Waals surface area contributed by atoms with Crippen LogP contribution >= 0.6 is 0 Å². The van der Waals surface area contributed by atoms with Crippen molar-refractivity contribution in [3.63, 3.8) is 0 Å². The molecule has 17 heavy (non-hydrogen) atoms. The smallest absolute Gasteiger partial charge is 0.0593 e. The molecule has 2 atom stereocenters. The van der Waals surface area contributed by atoms with Gasteiger partial charge in [-0.2, -0.15) is 0 Å². The van der Waals surface area contributed by atoms with Gasteiger partial charge in [0, 0.05) is 31.3 Å². The first-order chi connectivity index (χ1) is 8.05. The number of likely N-dealkylation sites (N-methyl/N-ethyl adjacent to an activating group) is 1. The summed E-state index contributed by atoms with van der Waals surface area (Å²) in [5.41, 5.74) is 6.22. The Balaban J connectivity index is 2.55. The average Bonchev–Trinajstić information content (AvgIpc) is 2.33. The van der Waals surface area contributed by atoms with E-state index >= 15 is 0 Å². The summed E-state index contributed by atoms with van der Waals surface area (Å²) in [6.45, 7) is 8.78. The van der Waals surface area contributed by atoms with Crippen molar-refractivity contribution in [2.24, 2.45) is 5.73 Å². The molecule has 1 saturated heterocycles. The molecule has 2 unspecified atom stereocenters. The standard InChI is InChI=1S/C13H29N3O/c1-5-17-9-8-16(4)13(11-14)6-7-15(3)12(2)10-13/h12H,5-11,14H2,1-4H3. The molecular weight excluding hydrogens is 214 g/mol. The minimum Gasteiger partial charge on any atom is -0.380 e. The zero-order valence-electron chi connectivity index (χ0n) is 11.9. The fourth-order valence-electron chi connectivity index (χ4n) is 2.68. The van der Waals surface area contributed by atoms with Gasteiger partial charge < -0.3 is 15.4 Å². The van der Waals surface area contributed by atoms with Crippen LogP contribution in [0, 0.1) is 0 Å². The highest BCUT2D eigenvalue weighted by molar-refractivity contribution is 4.97. The third kappa shape index (κ3) is 3.65. The van der Waals surface area contributed by atoms with Gasteiger partial charge in [-0.25, -0.2) is 0 Å². The van der Waals surface area contributed by atoms with Crippen molar-refractivity contribution in [1.29, 1.82) is 0 Å². The van der Waals surface area contributed by atoms with Crippen LogP contribution in [0.3, 0.4) is 0 Å². The second-order valence-corrected chi connectivity index (χ2v) is 5.33. The molecule has 1 aliphatic rings. The SMILES string of the molecule is CCOCCN(C)C1(CN)CCN(C)C(C)C1. The Morgan fingerprint density at radius 2 is 2.24 bits per heavy atom. The number of ether oxygens (including phenoxy) is 1. The van der Waals surface area contributed by atoms with E-state index in [-0.39, 0.29) is 5.54 Å². The summed E-state index contributed by atoms with van der Waals surface area (Å²) in [5, 5.41) is 0. The van der Waals surface area contributed by atoms with Crippen molar-refractivity contribution in [2.75, 3.05) is 46.9 Å². The molecule has 0 saturated carbocycles. The molecular formula is C13H29N3O. The normalized spacial score (nSPS) is 31.1. The maximum Gasteiger partial charge on any atom is 0.0593 e. The Kier molecular flexibility index (Phi) is 5.86. The minimum absolute atomic E-state index is 0.170. The van der Waals surface area contributed by atoms with Crippen LogP contribution in [0.5, 0.6) is 0 Å². The Labute approximate surface area is 106 Å². The molecule has 102 valence electrons. The van der Waals surface area contributed by atoms with Crippen molar-refractivity contribution in [1.82, 2.24) is 9.80 Å². The van der Waals surface area contributed by atoms with Crippen LogP contribution in [0.15, 0.2) is 0 Å². The molecule has 0 bridgehead atoms. The van der Waals surface area contributed by atoms with E-state index in [1.165, 1.54) is 0 Å². The molecule has 0 aromatic carbocycles. The van der Waals surface area contributed by atoms with Crippen LogP contribution in [-0.2, 0) is 4.74 Å². The topological polar surface area (TPSA) is 41.7 Å². The fraction of sp³-hybridized carbons (Fsp3) is 1.00. The molecule has 0 aromatic heterocycles. The number of rotatable bonds is 6. The molecule has 0 radical (unpaired) electrons. The predicted octanol–water partition coefficient (Wildman–Crippen LogP) is 0.766. The van der Waals surface area contributed by atoms with Gasteiger partial charge in [-0.1, -0.05) is 0 Å². The van der Waals surface area contributed by atoms with Gasteiger partial charge >= 0.3 is 0 Å². The lowest BCUT2D eigenvalue weighted by Crippen LogP contribution is -2.60. The van der Waals surface area contributed by atoms with Gasteiger partial charge in [0.1, 0.15) is 0 Å². The van der Waals surface area contributed by atoms with Gasteiger partial charge in [0.25, 0.3) is 0 Å². The summed E-state index contributed by atoms with van der Waals surface area (Å²) < 4.78 is 5.44. The van der Waals surface area contributed by atoms with Gasteiger partial charge in [0.05, 0.1) is 6.61 Å². The summed E-state index contributed by atoms with van der Waals surface area (Å²) in [4.78, 5) is 4.83. The third-order valence-electron chi connectivity index (χ3n) is 4.32. The third-order valence-corrected chi connectivity index (χ3v) is 4.32. The fourth-order valence-corrected chi connectivity index (χ4v) is 2.68. The van der Waals surface area contributed by atoms with Crippen molar-refractivity contribution in [3.8, 4) is 0 Å². The number of hydrogen-bond donors (Lipinski definition) is 1. The molecule has 0 spiro atoms. The lowest BCUT2D eigenvalue weighted by Gasteiger charge is -2.49. The highest BCUT2D eigenvalue weighted by Crippen LogP contribution is 2.29. The first-order valence-corrected chi connectivity index (χ1v) is 6.75. The van der Waals surface area contributed by atoms with Crippen molar-refractivity contribution in [2.45, 2.75) is 38.3 Å². The quantitative estimate of drug-likeness (QED) is 0.700. The number of nitrogens with two attached hydrogens (primary N) is 1. The second-order valence-electron chi connectivity index (χ2n) is 5.33. The molecule has 0 aliphatic carbocycles. The maximum atomic E-state index is 6.05. The van der Waals surface area contributed by atoms with Crippen LogP contribution in [-0.4, -0.2) is 68.3 Å². The largest absolute Gasteiger partial charge is 0.380 e. The van der Waals surface area contributed by atoms with E-state index < -0.39 is 0 Å². The zero-order valence-corrected chi connectivity index (χ0v) is 11.9.